The van der Waals surface area contributed by atoms with Gasteiger partial charge >= 0.3 is 5.97 Å². The highest BCUT2D eigenvalue weighted by molar-refractivity contribution is 9.10. The van der Waals surface area contributed by atoms with E-state index in [9.17, 15) is 9.59 Å². The van der Waals surface area contributed by atoms with Gasteiger partial charge in [-0.1, -0.05) is 22.9 Å². The van der Waals surface area contributed by atoms with Crippen LogP contribution in [0.2, 0.25) is 0 Å². The van der Waals surface area contributed by atoms with E-state index in [2.05, 4.69) is 21.0 Å². The van der Waals surface area contributed by atoms with Crippen LogP contribution in [-0.4, -0.2) is 20.9 Å². The molecule has 1 heterocycles. The van der Waals surface area contributed by atoms with Crippen LogP contribution in [-0.2, 0) is 6.42 Å². The molecule has 0 saturated carbocycles. The number of aromatic carboxylic acids is 1. The first kappa shape index (κ1) is 13.5. The first-order valence-corrected chi connectivity index (χ1v) is 6.44. The summed E-state index contributed by atoms with van der Waals surface area (Å²) in [4.78, 5) is 22.3. The summed E-state index contributed by atoms with van der Waals surface area (Å²) in [6.45, 7) is 1.99. The second-order valence-electron chi connectivity index (χ2n) is 3.90. The van der Waals surface area contributed by atoms with Crippen LogP contribution in [0.15, 0.2) is 39.7 Å². The first-order chi connectivity index (χ1) is 9.02. The lowest BCUT2D eigenvalue weighted by molar-refractivity contribution is 0.0687. The molecule has 0 unspecified atom stereocenters. The number of carboxylic acid groups (broad SMARTS) is 1. The van der Waals surface area contributed by atoms with Gasteiger partial charge < -0.3 is 5.11 Å². The lowest BCUT2D eigenvalue weighted by atomic mass is 10.1. The van der Waals surface area contributed by atoms with E-state index < -0.39 is 17.1 Å². The van der Waals surface area contributed by atoms with E-state index in [1.165, 1.54) is 16.9 Å². The highest BCUT2D eigenvalue weighted by Gasteiger charge is 2.12. The molecule has 0 saturated heterocycles. The van der Waals surface area contributed by atoms with Gasteiger partial charge in [0.25, 0.3) is 0 Å². The van der Waals surface area contributed by atoms with Crippen molar-refractivity contribution >= 4 is 21.9 Å². The fourth-order valence-corrected chi connectivity index (χ4v) is 2.16. The molecule has 0 spiro atoms. The third-order valence-corrected chi connectivity index (χ3v) is 3.17. The van der Waals surface area contributed by atoms with Crippen molar-refractivity contribution in [3.05, 3.63) is 56.4 Å². The maximum atomic E-state index is 11.4. The van der Waals surface area contributed by atoms with Crippen molar-refractivity contribution < 1.29 is 9.90 Å². The summed E-state index contributed by atoms with van der Waals surface area (Å²) in [5, 5.41) is 12.8. The Labute approximate surface area is 117 Å². The zero-order valence-electron chi connectivity index (χ0n) is 10.1. The number of carbonyl (C=O) groups is 1. The van der Waals surface area contributed by atoms with Gasteiger partial charge in [0, 0.05) is 16.7 Å². The van der Waals surface area contributed by atoms with Gasteiger partial charge in [-0.2, -0.15) is 5.10 Å². The molecule has 0 atom stereocenters. The van der Waals surface area contributed by atoms with Gasteiger partial charge in [0.15, 0.2) is 0 Å². The van der Waals surface area contributed by atoms with Crippen LogP contribution in [0.3, 0.4) is 0 Å². The van der Waals surface area contributed by atoms with Crippen molar-refractivity contribution in [3.63, 3.8) is 0 Å². The number of aryl methyl sites for hydroxylation is 1. The van der Waals surface area contributed by atoms with Crippen LogP contribution in [0.25, 0.3) is 5.69 Å². The van der Waals surface area contributed by atoms with Gasteiger partial charge in [0.05, 0.1) is 5.69 Å². The highest BCUT2D eigenvalue weighted by Crippen LogP contribution is 2.19. The molecule has 1 aromatic carbocycles. The molecule has 1 N–H and O–H groups in total. The van der Waals surface area contributed by atoms with Crippen LogP contribution in [0.4, 0.5) is 0 Å². The average molecular weight is 323 g/mol. The van der Waals surface area contributed by atoms with Crippen molar-refractivity contribution in [3.8, 4) is 5.69 Å². The van der Waals surface area contributed by atoms with Crippen LogP contribution < -0.4 is 5.43 Å². The van der Waals surface area contributed by atoms with E-state index >= 15 is 0 Å². The monoisotopic (exact) mass is 322 g/mol. The molecule has 0 bridgehead atoms. The Morgan fingerprint density at radius 1 is 1.42 bits per heavy atom. The SMILES string of the molecule is CCc1cc(Br)ccc1-n1ccc(=O)c(C(=O)O)n1. The minimum Gasteiger partial charge on any atom is -0.476 e. The molecule has 0 aliphatic carbocycles. The molecule has 0 amide bonds. The lowest BCUT2D eigenvalue weighted by Gasteiger charge is -2.11. The normalized spacial score (nSPS) is 10.4. The van der Waals surface area contributed by atoms with Gasteiger partial charge in [0.1, 0.15) is 0 Å². The smallest absolute Gasteiger partial charge is 0.360 e. The summed E-state index contributed by atoms with van der Waals surface area (Å²) < 4.78 is 2.35. The maximum Gasteiger partial charge on any atom is 0.360 e. The molecule has 0 radical (unpaired) electrons. The standard InChI is InChI=1S/C13H11BrN2O3/c1-2-8-7-9(14)3-4-10(8)16-6-5-11(17)12(15-16)13(18)19/h3-7H,2H2,1H3,(H,18,19). The summed E-state index contributed by atoms with van der Waals surface area (Å²) in [5.41, 5.74) is 0.682. The minimum absolute atomic E-state index is 0.479. The molecular weight excluding hydrogens is 312 g/mol. The molecule has 0 fully saturated rings. The second kappa shape index (κ2) is 5.36. The second-order valence-corrected chi connectivity index (χ2v) is 4.82. The molecule has 19 heavy (non-hydrogen) atoms. The molecule has 0 aliphatic heterocycles. The summed E-state index contributed by atoms with van der Waals surface area (Å²) in [5.74, 6) is -1.32. The van der Waals surface area contributed by atoms with Crippen molar-refractivity contribution in [1.29, 1.82) is 0 Å². The fraction of sp³-hybridized carbons (Fsp3) is 0.154. The number of halogens is 1. The molecule has 2 aromatic rings. The fourth-order valence-electron chi connectivity index (χ4n) is 1.75. The van der Waals surface area contributed by atoms with E-state index in [-0.39, 0.29) is 0 Å². The maximum absolute atomic E-state index is 11.4. The molecule has 6 heteroatoms. The molecule has 98 valence electrons. The van der Waals surface area contributed by atoms with Crippen LogP contribution in [0.1, 0.15) is 23.0 Å². The quantitative estimate of drug-likeness (QED) is 0.940. The van der Waals surface area contributed by atoms with Gasteiger partial charge in [-0.25, -0.2) is 9.48 Å². The van der Waals surface area contributed by atoms with E-state index in [1.54, 1.807) is 0 Å². The third kappa shape index (κ3) is 2.73. The van der Waals surface area contributed by atoms with Crippen molar-refractivity contribution in [1.82, 2.24) is 9.78 Å². The summed E-state index contributed by atoms with van der Waals surface area (Å²) in [7, 11) is 0. The first-order valence-electron chi connectivity index (χ1n) is 5.65. The molecule has 1 aromatic heterocycles. The molecule has 5 nitrogen and oxygen atoms in total. The van der Waals surface area contributed by atoms with Gasteiger partial charge in [-0.3, -0.25) is 4.79 Å². The topological polar surface area (TPSA) is 72.2 Å². The number of aromatic nitrogens is 2. The zero-order chi connectivity index (χ0) is 14.0. The third-order valence-electron chi connectivity index (χ3n) is 2.68. The number of rotatable bonds is 3. The van der Waals surface area contributed by atoms with E-state index in [4.69, 9.17) is 5.11 Å². The van der Waals surface area contributed by atoms with Gasteiger partial charge in [-0.15, -0.1) is 0 Å². The molecule has 0 aliphatic rings. The molecular formula is C13H11BrN2O3. The number of carboxylic acids is 1. The summed E-state index contributed by atoms with van der Waals surface area (Å²) in [6.07, 6.45) is 2.24. The Morgan fingerprint density at radius 2 is 2.16 bits per heavy atom. The number of benzene rings is 1. The van der Waals surface area contributed by atoms with E-state index in [1.807, 2.05) is 25.1 Å². The average Bonchev–Trinajstić information content (AvgIpc) is 2.39. The predicted octanol–water partition coefficient (Wildman–Crippen LogP) is 2.26. The zero-order valence-corrected chi connectivity index (χ0v) is 11.7. The Bertz CT molecular complexity index is 695. The van der Waals surface area contributed by atoms with Gasteiger partial charge in [-0.05, 0) is 30.2 Å². The summed E-state index contributed by atoms with van der Waals surface area (Å²) >= 11 is 3.39. The van der Waals surface area contributed by atoms with E-state index in [0.717, 1.165) is 22.1 Å². The number of nitrogens with zero attached hydrogens (tertiary/aromatic N) is 2. The Hall–Kier alpha value is -1.95. The van der Waals surface area contributed by atoms with Crippen molar-refractivity contribution in [2.75, 3.05) is 0 Å². The highest BCUT2D eigenvalue weighted by atomic mass is 79.9. The van der Waals surface area contributed by atoms with Crippen molar-refractivity contribution in [2.24, 2.45) is 0 Å². The minimum atomic E-state index is -1.32. The van der Waals surface area contributed by atoms with Crippen LogP contribution in [0, 0.1) is 0 Å². The Kier molecular flexibility index (Phi) is 3.80. The summed E-state index contributed by atoms with van der Waals surface area (Å²) in [6, 6.07) is 6.81. The predicted molar refractivity (Wildman–Crippen MR) is 73.9 cm³/mol. The van der Waals surface area contributed by atoms with E-state index in [0.29, 0.717) is 0 Å². The van der Waals surface area contributed by atoms with Crippen LogP contribution in [0.5, 0.6) is 0 Å². The Balaban J connectivity index is 2.62. The number of hydrogen-bond donors (Lipinski definition) is 1. The van der Waals surface area contributed by atoms with Gasteiger partial charge in [0.2, 0.25) is 11.1 Å². The lowest BCUT2D eigenvalue weighted by Crippen LogP contribution is -2.20. The number of hydrogen-bond acceptors (Lipinski definition) is 3. The van der Waals surface area contributed by atoms with Crippen molar-refractivity contribution in [2.45, 2.75) is 13.3 Å². The Morgan fingerprint density at radius 3 is 2.79 bits per heavy atom. The largest absolute Gasteiger partial charge is 0.476 e. The van der Waals surface area contributed by atoms with Crippen LogP contribution >= 0.6 is 15.9 Å². The molecule has 2 rings (SSSR count).